The Bertz CT molecular complexity index is 691. The van der Waals surface area contributed by atoms with Crippen molar-refractivity contribution in [1.82, 2.24) is 14.1 Å². The highest BCUT2D eigenvalue weighted by Gasteiger charge is 2.06. The van der Waals surface area contributed by atoms with E-state index in [-0.39, 0.29) is 17.8 Å². The Hall–Kier alpha value is -1.88. The lowest BCUT2D eigenvalue weighted by atomic mass is 10.2. The molecule has 2 aromatic heterocycles. The zero-order valence-electron chi connectivity index (χ0n) is 10.5. The van der Waals surface area contributed by atoms with Crippen molar-refractivity contribution in [2.45, 2.75) is 26.4 Å². The van der Waals surface area contributed by atoms with Gasteiger partial charge in [-0.05, 0) is 24.1 Å². The first-order chi connectivity index (χ1) is 9.11. The zero-order chi connectivity index (χ0) is 13.8. The molecular formula is C13H14ClN3O2. The van der Waals surface area contributed by atoms with Crippen LogP contribution in [0.3, 0.4) is 0 Å². The molecule has 2 rings (SSSR count). The maximum atomic E-state index is 12.1. The molecule has 0 spiro atoms. The molecule has 2 aromatic rings. The Kier molecular flexibility index (Phi) is 4.16. The lowest BCUT2D eigenvalue weighted by Gasteiger charge is -2.09. The highest BCUT2D eigenvalue weighted by molar-refractivity contribution is 6.29. The number of pyridine rings is 1. The number of halogens is 1. The number of aromatic nitrogens is 3. The first-order valence-corrected chi connectivity index (χ1v) is 6.40. The third kappa shape index (κ3) is 3.12. The number of hydrogen-bond acceptors (Lipinski definition) is 3. The SMILES string of the molecule is CCCn1ccc(=O)n(Cc2ccnc(Cl)c2)c1=O. The van der Waals surface area contributed by atoms with Crippen LogP contribution in [0.5, 0.6) is 0 Å². The molecule has 100 valence electrons. The fraction of sp³-hybridized carbons (Fsp3) is 0.308. The molecule has 0 unspecified atom stereocenters. The van der Waals surface area contributed by atoms with Gasteiger partial charge in [0.25, 0.3) is 5.56 Å². The largest absolute Gasteiger partial charge is 0.331 e. The van der Waals surface area contributed by atoms with Gasteiger partial charge in [-0.1, -0.05) is 18.5 Å². The van der Waals surface area contributed by atoms with Crippen LogP contribution in [0.4, 0.5) is 0 Å². The summed E-state index contributed by atoms with van der Waals surface area (Å²) in [7, 11) is 0. The molecule has 5 nitrogen and oxygen atoms in total. The first kappa shape index (κ1) is 13.5. The van der Waals surface area contributed by atoms with Gasteiger partial charge in [0.15, 0.2) is 0 Å². The van der Waals surface area contributed by atoms with Gasteiger partial charge >= 0.3 is 5.69 Å². The lowest BCUT2D eigenvalue weighted by Crippen LogP contribution is -2.39. The molecular weight excluding hydrogens is 266 g/mol. The summed E-state index contributed by atoms with van der Waals surface area (Å²) in [5, 5.41) is 0.343. The maximum absolute atomic E-state index is 12.1. The quantitative estimate of drug-likeness (QED) is 0.797. The number of nitrogens with zero attached hydrogens (tertiary/aromatic N) is 3. The van der Waals surface area contributed by atoms with Gasteiger partial charge in [-0.25, -0.2) is 9.78 Å². The Morgan fingerprint density at radius 1 is 1.32 bits per heavy atom. The molecule has 0 aliphatic rings. The topological polar surface area (TPSA) is 56.9 Å². The van der Waals surface area contributed by atoms with Crippen molar-refractivity contribution in [3.63, 3.8) is 0 Å². The van der Waals surface area contributed by atoms with Crippen LogP contribution in [-0.2, 0) is 13.1 Å². The normalized spacial score (nSPS) is 10.6. The zero-order valence-corrected chi connectivity index (χ0v) is 11.3. The highest BCUT2D eigenvalue weighted by atomic mass is 35.5. The van der Waals surface area contributed by atoms with Gasteiger partial charge < -0.3 is 4.57 Å². The summed E-state index contributed by atoms with van der Waals surface area (Å²) in [6, 6.07) is 4.78. The van der Waals surface area contributed by atoms with Crippen molar-refractivity contribution in [2.75, 3.05) is 0 Å². The van der Waals surface area contributed by atoms with Crippen molar-refractivity contribution in [2.24, 2.45) is 0 Å². The summed E-state index contributed by atoms with van der Waals surface area (Å²) in [4.78, 5) is 27.8. The van der Waals surface area contributed by atoms with Gasteiger partial charge in [-0.15, -0.1) is 0 Å². The van der Waals surface area contributed by atoms with Crippen LogP contribution in [0, 0.1) is 0 Å². The Morgan fingerprint density at radius 3 is 2.79 bits per heavy atom. The molecule has 0 radical (unpaired) electrons. The molecule has 0 fully saturated rings. The van der Waals surface area contributed by atoms with E-state index in [0.717, 1.165) is 12.0 Å². The Labute approximate surface area is 115 Å². The predicted molar refractivity (Wildman–Crippen MR) is 73.6 cm³/mol. The second kappa shape index (κ2) is 5.84. The van der Waals surface area contributed by atoms with Crippen LogP contribution in [-0.4, -0.2) is 14.1 Å². The molecule has 0 N–H and O–H groups in total. The summed E-state index contributed by atoms with van der Waals surface area (Å²) in [6.45, 7) is 2.77. The Morgan fingerprint density at radius 2 is 2.11 bits per heavy atom. The smallest absolute Gasteiger partial charge is 0.300 e. The summed E-state index contributed by atoms with van der Waals surface area (Å²) in [5.41, 5.74) is 0.154. The minimum absolute atomic E-state index is 0.199. The molecule has 0 saturated carbocycles. The van der Waals surface area contributed by atoms with Crippen LogP contribution in [0.15, 0.2) is 40.2 Å². The number of rotatable bonds is 4. The van der Waals surface area contributed by atoms with Crippen LogP contribution in [0.2, 0.25) is 5.15 Å². The van der Waals surface area contributed by atoms with Gasteiger partial charge in [0.1, 0.15) is 5.15 Å². The minimum atomic E-state index is -0.315. The molecule has 0 aliphatic carbocycles. The Balaban J connectivity index is 2.42. The average Bonchev–Trinajstić information content (AvgIpc) is 2.38. The van der Waals surface area contributed by atoms with Crippen molar-refractivity contribution in [1.29, 1.82) is 0 Å². The van der Waals surface area contributed by atoms with E-state index in [0.29, 0.717) is 11.7 Å². The first-order valence-electron chi connectivity index (χ1n) is 6.02. The molecule has 0 aliphatic heterocycles. The third-order valence-electron chi connectivity index (χ3n) is 2.74. The molecule has 19 heavy (non-hydrogen) atoms. The lowest BCUT2D eigenvalue weighted by molar-refractivity contribution is 0.570. The van der Waals surface area contributed by atoms with Crippen molar-refractivity contribution < 1.29 is 0 Å². The van der Waals surface area contributed by atoms with Gasteiger partial charge in [0, 0.05) is 25.0 Å². The van der Waals surface area contributed by atoms with Crippen LogP contribution in [0.25, 0.3) is 0 Å². The van der Waals surface area contributed by atoms with Crippen molar-refractivity contribution in [3.8, 4) is 0 Å². The molecule has 0 saturated heterocycles. The monoisotopic (exact) mass is 279 g/mol. The molecule has 0 aromatic carbocycles. The van der Waals surface area contributed by atoms with E-state index in [1.807, 2.05) is 6.92 Å². The highest BCUT2D eigenvalue weighted by Crippen LogP contribution is 2.07. The molecule has 0 atom stereocenters. The van der Waals surface area contributed by atoms with Gasteiger partial charge in [-0.3, -0.25) is 9.36 Å². The van der Waals surface area contributed by atoms with E-state index in [9.17, 15) is 9.59 Å². The van der Waals surface area contributed by atoms with Crippen molar-refractivity contribution >= 4 is 11.6 Å². The second-order valence-electron chi connectivity index (χ2n) is 4.20. The average molecular weight is 280 g/mol. The minimum Gasteiger partial charge on any atom is -0.300 e. The molecule has 0 bridgehead atoms. The van der Waals surface area contributed by atoms with Crippen molar-refractivity contribution in [3.05, 3.63) is 62.1 Å². The fourth-order valence-electron chi connectivity index (χ4n) is 1.84. The number of hydrogen-bond donors (Lipinski definition) is 0. The summed E-state index contributed by atoms with van der Waals surface area (Å²) < 4.78 is 2.73. The third-order valence-corrected chi connectivity index (χ3v) is 2.94. The predicted octanol–water partition coefficient (Wildman–Crippen LogP) is 1.52. The van der Waals surface area contributed by atoms with E-state index < -0.39 is 0 Å². The van der Waals surface area contributed by atoms with Crippen LogP contribution in [0.1, 0.15) is 18.9 Å². The summed E-state index contributed by atoms with van der Waals surface area (Å²) in [6.07, 6.45) is 3.92. The van der Waals surface area contributed by atoms with E-state index in [4.69, 9.17) is 11.6 Å². The van der Waals surface area contributed by atoms with Crippen LogP contribution < -0.4 is 11.2 Å². The summed E-state index contributed by atoms with van der Waals surface area (Å²) >= 11 is 5.79. The van der Waals surface area contributed by atoms with Crippen LogP contribution >= 0.6 is 11.6 Å². The summed E-state index contributed by atoms with van der Waals surface area (Å²) in [5.74, 6) is 0. The maximum Gasteiger partial charge on any atom is 0.331 e. The van der Waals surface area contributed by atoms with E-state index in [1.165, 1.54) is 21.4 Å². The molecule has 6 heteroatoms. The molecule has 0 amide bonds. The standard InChI is InChI=1S/C13H14ClN3O2/c1-2-6-16-7-4-12(18)17(13(16)19)9-10-3-5-15-11(14)8-10/h3-5,7-8H,2,6,9H2,1H3. The van der Waals surface area contributed by atoms with Gasteiger partial charge in [-0.2, -0.15) is 0 Å². The van der Waals surface area contributed by atoms with Gasteiger partial charge in [0.05, 0.1) is 6.54 Å². The van der Waals surface area contributed by atoms with E-state index in [1.54, 1.807) is 18.3 Å². The second-order valence-corrected chi connectivity index (χ2v) is 4.59. The van der Waals surface area contributed by atoms with E-state index in [2.05, 4.69) is 4.98 Å². The van der Waals surface area contributed by atoms with E-state index >= 15 is 0 Å². The molecule has 2 heterocycles. The van der Waals surface area contributed by atoms with Gasteiger partial charge in [0.2, 0.25) is 0 Å². The fourth-order valence-corrected chi connectivity index (χ4v) is 2.03. The number of aryl methyl sites for hydroxylation is 1.